The summed E-state index contributed by atoms with van der Waals surface area (Å²) in [5.74, 6) is 0.162. The Bertz CT molecular complexity index is 1000. The first-order valence-corrected chi connectivity index (χ1v) is 8.47. The van der Waals surface area contributed by atoms with Gasteiger partial charge >= 0.3 is 5.97 Å². The minimum atomic E-state index is -0.415. The van der Waals surface area contributed by atoms with Crippen molar-refractivity contribution in [3.63, 3.8) is 0 Å². The van der Waals surface area contributed by atoms with Crippen LogP contribution in [0.1, 0.15) is 21.7 Å². The standard InChI is InChI=1S/C17H10Cl3N3O2/c18-11-1-2-13(20)10(4-11)7-23-15-14(8-25-17(15)24)22-16(23)9-3-12(19)6-21-5-9/h1-6H,7-8H2. The van der Waals surface area contributed by atoms with Crippen molar-refractivity contribution in [3.8, 4) is 11.4 Å². The number of fused-ring (bicyclic) bond motifs is 1. The number of halogens is 3. The van der Waals surface area contributed by atoms with Gasteiger partial charge in [-0.3, -0.25) is 4.98 Å². The SMILES string of the molecule is O=C1OCc2nc(-c3cncc(Cl)c3)n(Cc3cc(Cl)ccc3Cl)c21. The molecule has 3 heterocycles. The molecule has 5 nitrogen and oxygen atoms in total. The van der Waals surface area contributed by atoms with E-state index in [0.717, 1.165) is 5.56 Å². The molecule has 4 rings (SSSR count). The Morgan fingerprint density at radius 1 is 1.12 bits per heavy atom. The van der Waals surface area contributed by atoms with Crippen LogP contribution in [-0.2, 0) is 17.9 Å². The lowest BCUT2D eigenvalue weighted by atomic mass is 10.2. The van der Waals surface area contributed by atoms with Gasteiger partial charge in [0.25, 0.3) is 0 Å². The Balaban J connectivity index is 1.88. The Morgan fingerprint density at radius 2 is 1.96 bits per heavy atom. The Kier molecular flexibility index (Phi) is 4.15. The van der Waals surface area contributed by atoms with Crippen LogP contribution in [-0.4, -0.2) is 20.5 Å². The molecule has 0 radical (unpaired) electrons. The van der Waals surface area contributed by atoms with Crippen LogP contribution in [0, 0.1) is 0 Å². The fourth-order valence-electron chi connectivity index (χ4n) is 2.78. The first kappa shape index (κ1) is 16.4. The monoisotopic (exact) mass is 393 g/mol. The number of hydrogen-bond donors (Lipinski definition) is 0. The lowest BCUT2D eigenvalue weighted by Crippen LogP contribution is -2.11. The lowest BCUT2D eigenvalue weighted by molar-refractivity contribution is 0.0523. The number of aromatic nitrogens is 3. The molecule has 0 amide bonds. The maximum Gasteiger partial charge on any atom is 0.357 e. The maximum absolute atomic E-state index is 12.2. The maximum atomic E-state index is 12.2. The molecule has 2 aromatic heterocycles. The van der Waals surface area contributed by atoms with Crippen LogP contribution in [0.25, 0.3) is 11.4 Å². The van der Waals surface area contributed by atoms with E-state index < -0.39 is 5.97 Å². The topological polar surface area (TPSA) is 57.0 Å². The number of imidazole rings is 1. The third-order valence-electron chi connectivity index (χ3n) is 3.87. The normalized spacial score (nSPS) is 13.0. The van der Waals surface area contributed by atoms with E-state index in [4.69, 9.17) is 39.5 Å². The highest BCUT2D eigenvalue weighted by Gasteiger charge is 2.31. The summed E-state index contributed by atoms with van der Waals surface area (Å²) >= 11 is 18.4. The van der Waals surface area contributed by atoms with Gasteiger partial charge in [-0.1, -0.05) is 34.8 Å². The number of nitrogens with zero attached hydrogens (tertiary/aromatic N) is 3. The van der Waals surface area contributed by atoms with Crippen LogP contribution in [0.15, 0.2) is 36.7 Å². The molecule has 126 valence electrons. The van der Waals surface area contributed by atoms with Crippen molar-refractivity contribution in [1.29, 1.82) is 0 Å². The molecule has 1 aromatic carbocycles. The quantitative estimate of drug-likeness (QED) is 0.608. The van der Waals surface area contributed by atoms with E-state index in [1.165, 1.54) is 6.20 Å². The van der Waals surface area contributed by atoms with E-state index in [1.807, 2.05) is 0 Å². The van der Waals surface area contributed by atoms with Gasteiger partial charge in [-0.2, -0.15) is 0 Å². The van der Waals surface area contributed by atoms with Crippen LogP contribution in [0.5, 0.6) is 0 Å². The summed E-state index contributed by atoms with van der Waals surface area (Å²) in [6, 6.07) is 6.93. The smallest absolute Gasteiger partial charge is 0.357 e. The molecule has 0 saturated carbocycles. The first-order chi connectivity index (χ1) is 12.0. The molecule has 0 aliphatic carbocycles. The number of carbonyl (C=O) groups excluding carboxylic acids is 1. The zero-order valence-corrected chi connectivity index (χ0v) is 14.9. The molecule has 8 heteroatoms. The molecule has 1 aliphatic rings. The largest absolute Gasteiger partial charge is 0.454 e. The summed E-state index contributed by atoms with van der Waals surface area (Å²) in [5, 5.41) is 1.59. The Labute approximate surface area is 158 Å². The number of rotatable bonds is 3. The van der Waals surface area contributed by atoms with Gasteiger partial charge in [-0.05, 0) is 29.8 Å². The fraction of sp³-hybridized carbons (Fsp3) is 0.118. The van der Waals surface area contributed by atoms with Crippen LogP contribution < -0.4 is 0 Å². The highest BCUT2D eigenvalue weighted by molar-refractivity contribution is 6.33. The van der Waals surface area contributed by atoms with Crippen LogP contribution in [0.4, 0.5) is 0 Å². The minimum Gasteiger partial charge on any atom is -0.454 e. The van der Waals surface area contributed by atoms with Gasteiger partial charge < -0.3 is 9.30 Å². The second-order valence-electron chi connectivity index (χ2n) is 5.52. The molecule has 0 unspecified atom stereocenters. The molecule has 25 heavy (non-hydrogen) atoms. The van der Waals surface area contributed by atoms with Gasteiger partial charge in [0.2, 0.25) is 0 Å². The van der Waals surface area contributed by atoms with Gasteiger partial charge in [0.1, 0.15) is 18.1 Å². The number of carbonyl (C=O) groups is 1. The summed E-state index contributed by atoms with van der Waals surface area (Å²) in [5.41, 5.74) is 2.46. The average molecular weight is 395 g/mol. The van der Waals surface area contributed by atoms with Crippen molar-refractivity contribution in [2.45, 2.75) is 13.2 Å². The molecule has 0 atom stereocenters. The van der Waals surface area contributed by atoms with E-state index in [0.29, 0.717) is 44.4 Å². The van der Waals surface area contributed by atoms with E-state index in [-0.39, 0.29) is 6.61 Å². The highest BCUT2D eigenvalue weighted by Crippen LogP contribution is 2.31. The average Bonchev–Trinajstić information content (AvgIpc) is 3.12. The van der Waals surface area contributed by atoms with Crippen molar-refractivity contribution in [1.82, 2.24) is 14.5 Å². The Morgan fingerprint density at radius 3 is 2.76 bits per heavy atom. The summed E-state index contributed by atoms with van der Waals surface area (Å²) in [6.45, 7) is 0.462. The summed E-state index contributed by atoms with van der Waals surface area (Å²) in [6.07, 6.45) is 3.18. The van der Waals surface area contributed by atoms with Crippen molar-refractivity contribution in [3.05, 3.63) is 68.7 Å². The number of hydrogen-bond acceptors (Lipinski definition) is 4. The number of esters is 1. The van der Waals surface area contributed by atoms with E-state index in [1.54, 1.807) is 35.0 Å². The van der Waals surface area contributed by atoms with Crippen LogP contribution >= 0.6 is 34.8 Å². The first-order valence-electron chi connectivity index (χ1n) is 7.34. The Hall–Kier alpha value is -2.08. The molecular weight excluding hydrogens is 385 g/mol. The van der Waals surface area contributed by atoms with Gasteiger partial charge in [-0.25, -0.2) is 9.78 Å². The zero-order chi connectivity index (χ0) is 17.6. The van der Waals surface area contributed by atoms with Gasteiger partial charge in [0.15, 0.2) is 5.69 Å². The number of cyclic esters (lactones) is 1. The second-order valence-corrected chi connectivity index (χ2v) is 6.80. The third kappa shape index (κ3) is 2.99. The van der Waals surface area contributed by atoms with Gasteiger partial charge in [0.05, 0.1) is 11.6 Å². The minimum absolute atomic E-state index is 0.144. The number of pyridine rings is 1. The lowest BCUT2D eigenvalue weighted by Gasteiger charge is -2.12. The van der Waals surface area contributed by atoms with Crippen molar-refractivity contribution in [2.24, 2.45) is 0 Å². The van der Waals surface area contributed by atoms with Gasteiger partial charge in [-0.15, -0.1) is 0 Å². The molecule has 3 aromatic rings. The molecule has 0 spiro atoms. The molecule has 0 fully saturated rings. The molecule has 1 aliphatic heterocycles. The highest BCUT2D eigenvalue weighted by atomic mass is 35.5. The summed E-state index contributed by atoms with van der Waals surface area (Å²) < 4.78 is 6.85. The predicted octanol–water partition coefficient (Wildman–Crippen LogP) is 4.62. The van der Waals surface area contributed by atoms with Crippen LogP contribution in [0.2, 0.25) is 15.1 Å². The van der Waals surface area contributed by atoms with Crippen molar-refractivity contribution >= 4 is 40.8 Å². The third-order valence-corrected chi connectivity index (χ3v) is 4.68. The summed E-state index contributed by atoms with van der Waals surface area (Å²) in [7, 11) is 0. The van der Waals surface area contributed by atoms with E-state index in [2.05, 4.69) is 9.97 Å². The molecular formula is C17H10Cl3N3O2. The summed E-state index contributed by atoms with van der Waals surface area (Å²) in [4.78, 5) is 20.8. The van der Waals surface area contributed by atoms with Crippen molar-refractivity contribution in [2.75, 3.05) is 0 Å². The van der Waals surface area contributed by atoms with Crippen molar-refractivity contribution < 1.29 is 9.53 Å². The van der Waals surface area contributed by atoms with E-state index >= 15 is 0 Å². The number of ether oxygens (including phenoxy) is 1. The molecule has 0 bridgehead atoms. The fourth-order valence-corrected chi connectivity index (χ4v) is 3.32. The predicted molar refractivity (Wildman–Crippen MR) is 95.2 cm³/mol. The van der Waals surface area contributed by atoms with Gasteiger partial charge in [0, 0.05) is 28.0 Å². The zero-order valence-electron chi connectivity index (χ0n) is 12.7. The molecule has 0 saturated heterocycles. The second kappa shape index (κ2) is 6.33. The van der Waals surface area contributed by atoms with Crippen LogP contribution in [0.3, 0.4) is 0 Å². The van der Waals surface area contributed by atoms with E-state index in [9.17, 15) is 4.79 Å². The molecule has 0 N–H and O–H groups in total. The number of benzene rings is 1.